The molecule has 3 rings (SSSR count). The first-order valence-electron chi connectivity index (χ1n) is 7.42. The number of carbonyl (C=O) groups is 1. The molecule has 2 aromatic carbocycles. The zero-order chi connectivity index (χ0) is 17.1. The minimum absolute atomic E-state index is 0.152. The smallest absolute Gasteiger partial charge is 0.270 e. The molecule has 1 aromatic heterocycles. The Kier molecular flexibility index (Phi) is 4.61. The molecule has 0 unspecified atom stereocenters. The Labute approximate surface area is 146 Å². The number of hydrogen-bond donors (Lipinski definition) is 2. The van der Waals surface area contributed by atoms with Crippen LogP contribution in [0, 0.1) is 0 Å². The Morgan fingerprint density at radius 1 is 1.17 bits per heavy atom. The highest BCUT2D eigenvalue weighted by molar-refractivity contribution is 9.10. The van der Waals surface area contributed by atoms with Crippen molar-refractivity contribution in [1.29, 1.82) is 0 Å². The Hall–Kier alpha value is -2.67. The van der Waals surface area contributed by atoms with Gasteiger partial charge in [-0.05, 0) is 47.1 Å². The largest absolute Gasteiger partial charge is 0.277 e. The minimum Gasteiger partial charge on any atom is -0.277 e. The predicted molar refractivity (Wildman–Crippen MR) is 96.9 cm³/mol. The molecule has 0 aliphatic rings. The molecule has 1 heterocycles. The number of halogens is 1. The van der Waals surface area contributed by atoms with E-state index in [0.29, 0.717) is 33.4 Å². The molecule has 3 aromatic rings. The van der Waals surface area contributed by atoms with E-state index in [0.717, 1.165) is 0 Å². The summed E-state index contributed by atoms with van der Waals surface area (Å²) in [5.41, 5.74) is 6.24. The van der Waals surface area contributed by atoms with E-state index in [1.807, 2.05) is 19.1 Å². The van der Waals surface area contributed by atoms with Crippen LogP contribution in [0.3, 0.4) is 0 Å². The van der Waals surface area contributed by atoms with Gasteiger partial charge >= 0.3 is 0 Å². The SMILES string of the molecule is CCn1c(NNC(=O)c2ccccc2Br)nc2ccccc2c1=O. The zero-order valence-electron chi connectivity index (χ0n) is 12.9. The number of para-hydroxylation sites is 1. The summed E-state index contributed by atoms with van der Waals surface area (Å²) in [6, 6.07) is 14.2. The second-order valence-electron chi connectivity index (χ2n) is 5.06. The molecule has 0 aliphatic heterocycles. The van der Waals surface area contributed by atoms with Crippen molar-refractivity contribution in [2.45, 2.75) is 13.5 Å². The summed E-state index contributed by atoms with van der Waals surface area (Å²) in [6.45, 7) is 2.28. The molecule has 24 heavy (non-hydrogen) atoms. The fraction of sp³-hybridized carbons (Fsp3) is 0.118. The second-order valence-corrected chi connectivity index (χ2v) is 5.92. The first-order chi connectivity index (χ1) is 11.6. The first kappa shape index (κ1) is 16.2. The average Bonchev–Trinajstić information content (AvgIpc) is 2.60. The van der Waals surface area contributed by atoms with Gasteiger partial charge < -0.3 is 0 Å². The van der Waals surface area contributed by atoms with Crippen LogP contribution >= 0.6 is 15.9 Å². The number of hydrogen-bond acceptors (Lipinski definition) is 4. The van der Waals surface area contributed by atoms with Gasteiger partial charge in [0.1, 0.15) is 0 Å². The lowest BCUT2D eigenvalue weighted by Gasteiger charge is -2.14. The molecular weight excluding hydrogens is 372 g/mol. The lowest BCUT2D eigenvalue weighted by molar-refractivity contribution is 0.0961. The summed E-state index contributed by atoms with van der Waals surface area (Å²) in [6.07, 6.45) is 0. The van der Waals surface area contributed by atoms with E-state index in [-0.39, 0.29) is 11.5 Å². The van der Waals surface area contributed by atoms with Gasteiger partial charge in [-0.3, -0.25) is 25.0 Å². The number of aromatic nitrogens is 2. The second kappa shape index (κ2) is 6.84. The third-order valence-corrected chi connectivity index (χ3v) is 4.28. The molecule has 0 fully saturated rings. The van der Waals surface area contributed by atoms with Gasteiger partial charge in [0.2, 0.25) is 5.95 Å². The lowest BCUT2D eigenvalue weighted by atomic mass is 10.2. The maximum Gasteiger partial charge on any atom is 0.270 e. The molecule has 2 N–H and O–H groups in total. The average molecular weight is 387 g/mol. The van der Waals surface area contributed by atoms with E-state index in [4.69, 9.17) is 0 Å². The third-order valence-electron chi connectivity index (χ3n) is 3.58. The minimum atomic E-state index is -0.326. The number of anilines is 1. The number of amides is 1. The van der Waals surface area contributed by atoms with E-state index in [1.54, 1.807) is 36.4 Å². The molecule has 6 nitrogen and oxygen atoms in total. The first-order valence-corrected chi connectivity index (χ1v) is 8.21. The highest BCUT2D eigenvalue weighted by atomic mass is 79.9. The number of benzene rings is 2. The van der Waals surface area contributed by atoms with Crippen LogP contribution in [0.2, 0.25) is 0 Å². The van der Waals surface area contributed by atoms with Crippen LogP contribution in [-0.4, -0.2) is 15.5 Å². The van der Waals surface area contributed by atoms with Gasteiger partial charge in [0.25, 0.3) is 11.5 Å². The number of rotatable bonds is 4. The molecular formula is C17H15BrN4O2. The van der Waals surface area contributed by atoms with Crippen LogP contribution in [0.5, 0.6) is 0 Å². The van der Waals surface area contributed by atoms with Crippen LogP contribution in [0.4, 0.5) is 5.95 Å². The fourth-order valence-corrected chi connectivity index (χ4v) is 2.85. The maximum absolute atomic E-state index is 12.5. The number of nitrogens with zero attached hydrogens (tertiary/aromatic N) is 2. The van der Waals surface area contributed by atoms with Crippen molar-refractivity contribution in [2.24, 2.45) is 0 Å². The van der Waals surface area contributed by atoms with Crippen LogP contribution in [-0.2, 0) is 6.54 Å². The topological polar surface area (TPSA) is 76.0 Å². The number of hydrazine groups is 1. The summed E-state index contributed by atoms with van der Waals surface area (Å²) in [7, 11) is 0. The van der Waals surface area contributed by atoms with Gasteiger partial charge in [-0.1, -0.05) is 24.3 Å². The van der Waals surface area contributed by atoms with Crippen LogP contribution in [0.1, 0.15) is 17.3 Å². The Morgan fingerprint density at radius 2 is 1.88 bits per heavy atom. The normalized spacial score (nSPS) is 10.6. The molecule has 7 heteroatoms. The van der Waals surface area contributed by atoms with Crippen molar-refractivity contribution in [3.8, 4) is 0 Å². The molecule has 0 bridgehead atoms. The molecule has 0 radical (unpaired) electrons. The monoisotopic (exact) mass is 386 g/mol. The summed E-state index contributed by atoms with van der Waals surface area (Å²) >= 11 is 3.34. The van der Waals surface area contributed by atoms with Gasteiger partial charge in [-0.2, -0.15) is 0 Å². The van der Waals surface area contributed by atoms with Gasteiger partial charge in [0.15, 0.2) is 0 Å². The van der Waals surface area contributed by atoms with Crippen LogP contribution < -0.4 is 16.4 Å². The summed E-state index contributed by atoms with van der Waals surface area (Å²) in [5, 5.41) is 0.544. The molecule has 0 aliphatic carbocycles. The van der Waals surface area contributed by atoms with Crippen molar-refractivity contribution in [3.63, 3.8) is 0 Å². The molecule has 0 saturated carbocycles. The van der Waals surface area contributed by atoms with E-state index in [1.165, 1.54) is 4.57 Å². The Bertz CT molecular complexity index is 968. The van der Waals surface area contributed by atoms with E-state index in [2.05, 4.69) is 31.8 Å². The van der Waals surface area contributed by atoms with Crippen molar-refractivity contribution in [2.75, 3.05) is 5.43 Å². The van der Waals surface area contributed by atoms with Gasteiger partial charge in [0.05, 0.1) is 16.5 Å². The summed E-state index contributed by atoms with van der Waals surface area (Å²) in [5.74, 6) is -0.0332. The van der Waals surface area contributed by atoms with E-state index >= 15 is 0 Å². The zero-order valence-corrected chi connectivity index (χ0v) is 14.5. The maximum atomic E-state index is 12.5. The summed E-state index contributed by atoms with van der Waals surface area (Å²) in [4.78, 5) is 29.2. The molecule has 122 valence electrons. The Morgan fingerprint density at radius 3 is 2.62 bits per heavy atom. The lowest BCUT2D eigenvalue weighted by Crippen LogP contribution is -2.34. The van der Waals surface area contributed by atoms with Crippen molar-refractivity contribution in [3.05, 3.63) is 68.9 Å². The highest BCUT2D eigenvalue weighted by Gasteiger charge is 2.12. The van der Waals surface area contributed by atoms with Gasteiger partial charge in [-0.15, -0.1) is 0 Å². The highest BCUT2D eigenvalue weighted by Crippen LogP contribution is 2.16. The van der Waals surface area contributed by atoms with Crippen molar-refractivity contribution in [1.82, 2.24) is 15.0 Å². The number of fused-ring (bicyclic) bond motifs is 1. The predicted octanol–water partition coefficient (Wildman–Crippen LogP) is 2.94. The number of nitrogens with one attached hydrogen (secondary N) is 2. The van der Waals surface area contributed by atoms with Crippen molar-refractivity contribution >= 4 is 38.7 Å². The Balaban J connectivity index is 1.91. The summed E-state index contributed by atoms with van der Waals surface area (Å²) < 4.78 is 2.16. The quantitative estimate of drug-likeness (QED) is 0.675. The van der Waals surface area contributed by atoms with E-state index < -0.39 is 0 Å². The van der Waals surface area contributed by atoms with Gasteiger partial charge in [0, 0.05) is 11.0 Å². The molecule has 0 spiro atoms. The van der Waals surface area contributed by atoms with Crippen molar-refractivity contribution < 1.29 is 4.79 Å². The molecule has 1 amide bonds. The standard InChI is InChI=1S/C17H15BrN4O2/c1-2-22-16(24)12-8-4-6-10-14(12)19-17(22)21-20-15(23)11-7-3-5-9-13(11)18/h3-10H,2H2,1H3,(H,19,21)(H,20,23). The molecule has 0 saturated heterocycles. The van der Waals surface area contributed by atoms with Crippen LogP contribution in [0.25, 0.3) is 10.9 Å². The van der Waals surface area contributed by atoms with Crippen LogP contribution in [0.15, 0.2) is 57.8 Å². The third kappa shape index (κ3) is 3.03. The number of carbonyl (C=O) groups excluding carboxylic acids is 1. The van der Waals surface area contributed by atoms with E-state index in [9.17, 15) is 9.59 Å². The fourth-order valence-electron chi connectivity index (χ4n) is 2.38. The molecule has 0 atom stereocenters. The van der Waals surface area contributed by atoms with Gasteiger partial charge in [-0.25, -0.2) is 4.98 Å².